The summed E-state index contributed by atoms with van der Waals surface area (Å²) in [6, 6.07) is 11.0. The van der Waals surface area contributed by atoms with Crippen LogP contribution in [0, 0.1) is 17.0 Å². The number of benzene rings is 1. The predicted octanol–water partition coefficient (Wildman–Crippen LogP) is 3.62. The van der Waals surface area contributed by atoms with Crippen LogP contribution < -0.4 is 5.32 Å². The Bertz CT molecular complexity index is 1080. The average Bonchev–Trinajstić information content (AvgIpc) is 3.26. The first-order valence-electron chi connectivity index (χ1n) is 8.37. The maximum absolute atomic E-state index is 12.5. The number of amides is 2. The van der Waals surface area contributed by atoms with E-state index in [-0.39, 0.29) is 24.0 Å². The summed E-state index contributed by atoms with van der Waals surface area (Å²) in [6.07, 6.45) is 0. The molecular weight excluding hydrogens is 462 g/mol. The third-order valence-corrected chi connectivity index (χ3v) is 5.53. The summed E-state index contributed by atoms with van der Waals surface area (Å²) in [5, 5.41) is 17.9. The molecule has 0 radical (unpaired) electrons. The van der Waals surface area contributed by atoms with Crippen LogP contribution >= 0.6 is 27.3 Å². The first kappa shape index (κ1) is 20.7. The highest BCUT2D eigenvalue weighted by Crippen LogP contribution is 2.23. The summed E-state index contributed by atoms with van der Waals surface area (Å²) in [4.78, 5) is 37.0. The summed E-state index contributed by atoms with van der Waals surface area (Å²) >= 11 is 4.60. The fraction of sp³-hybridized carbons (Fsp3) is 0.167. The van der Waals surface area contributed by atoms with E-state index in [1.54, 1.807) is 44.3 Å². The van der Waals surface area contributed by atoms with Crippen molar-refractivity contribution in [2.45, 2.75) is 6.92 Å². The number of nitro benzene ring substituents is 1. The molecule has 29 heavy (non-hydrogen) atoms. The SMILES string of the molecule is Cc1cc(NC(=O)CN(C)C(=O)c2ccc(Br)s2)n(-c2ccc([N+](=O)[O-])cc2)n1. The minimum atomic E-state index is -0.486. The van der Waals surface area contributed by atoms with E-state index in [2.05, 4.69) is 26.3 Å². The summed E-state index contributed by atoms with van der Waals surface area (Å²) in [7, 11) is 1.55. The first-order valence-corrected chi connectivity index (χ1v) is 9.97. The van der Waals surface area contributed by atoms with E-state index in [0.29, 0.717) is 22.1 Å². The van der Waals surface area contributed by atoms with Gasteiger partial charge in [0.15, 0.2) is 0 Å². The molecule has 9 nitrogen and oxygen atoms in total. The Morgan fingerprint density at radius 1 is 1.28 bits per heavy atom. The van der Waals surface area contributed by atoms with Crippen LogP contribution in [-0.2, 0) is 4.79 Å². The molecule has 0 saturated carbocycles. The van der Waals surface area contributed by atoms with Gasteiger partial charge >= 0.3 is 0 Å². The van der Waals surface area contributed by atoms with Gasteiger partial charge in [0, 0.05) is 25.2 Å². The summed E-state index contributed by atoms with van der Waals surface area (Å²) < 4.78 is 2.32. The van der Waals surface area contributed by atoms with Gasteiger partial charge in [0.2, 0.25) is 5.91 Å². The summed E-state index contributed by atoms with van der Waals surface area (Å²) in [5.41, 5.74) is 1.18. The van der Waals surface area contributed by atoms with E-state index in [0.717, 1.165) is 3.79 Å². The maximum Gasteiger partial charge on any atom is 0.269 e. The molecule has 0 bridgehead atoms. The monoisotopic (exact) mass is 477 g/mol. The smallest absolute Gasteiger partial charge is 0.269 e. The molecule has 150 valence electrons. The van der Waals surface area contributed by atoms with Crippen molar-refractivity contribution in [1.82, 2.24) is 14.7 Å². The molecule has 0 fully saturated rings. The van der Waals surface area contributed by atoms with Gasteiger partial charge in [-0.15, -0.1) is 11.3 Å². The molecule has 0 atom stereocenters. The van der Waals surface area contributed by atoms with Crippen molar-refractivity contribution in [2.75, 3.05) is 18.9 Å². The molecule has 2 amide bonds. The van der Waals surface area contributed by atoms with Crippen molar-refractivity contribution in [3.05, 3.63) is 66.9 Å². The van der Waals surface area contributed by atoms with Crippen LogP contribution in [0.1, 0.15) is 15.4 Å². The molecule has 1 aromatic carbocycles. The van der Waals surface area contributed by atoms with E-state index in [9.17, 15) is 19.7 Å². The van der Waals surface area contributed by atoms with E-state index in [4.69, 9.17) is 0 Å². The number of carbonyl (C=O) groups excluding carboxylic acids is 2. The third-order valence-electron chi connectivity index (χ3n) is 3.92. The molecule has 0 unspecified atom stereocenters. The summed E-state index contributed by atoms with van der Waals surface area (Å²) in [6.45, 7) is 1.63. The van der Waals surface area contributed by atoms with Crippen molar-refractivity contribution in [3.63, 3.8) is 0 Å². The van der Waals surface area contributed by atoms with Crippen LogP contribution in [0.25, 0.3) is 5.69 Å². The number of thiophene rings is 1. The molecule has 0 aliphatic carbocycles. The van der Waals surface area contributed by atoms with E-state index in [1.807, 2.05) is 0 Å². The number of carbonyl (C=O) groups is 2. The fourth-order valence-corrected chi connectivity index (χ4v) is 3.97. The second kappa shape index (κ2) is 8.53. The second-order valence-electron chi connectivity index (χ2n) is 6.17. The standard InChI is InChI=1S/C18H16BrN5O4S/c1-11-9-16(23(21-11)12-3-5-13(6-4-12)24(27)28)20-17(25)10-22(2)18(26)14-7-8-15(19)29-14/h3-9H,10H2,1-2H3,(H,20,25). The quantitative estimate of drug-likeness (QED) is 0.430. The van der Waals surface area contributed by atoms with E-state index >= 15 is 0 Å². The number of rotatable bonds is 6. The topological polar surface area (TPSA) is 110 Å². The van der Waals surface area contributed by atoms with Crippen molar-refractivity contribution in [1.29, 1.82) is 0 Å². The summed E-state index contributed by atoms with van der Waals surface area (Å²) in [5.74, 6) is -0.239. The molecule has 2 aromatic heterocycles. The highest BCUT2D eigenvalue weighted by atomic mass is 79.9. The lowest BCUT2D eigenvalue weighted by atomic mass is 10.3. The lowest BCUT2D eigenvalue weighted by molar-refractivity contribution is -0.384. The van der Waals surface area contributed by atoms with Gasteiger partial charge in [-0.2, -0.15) is 5.10 Å². The zero-order chi connectivity index (χ0) is 21.1. The fourth-order valence-electron chi connectivity index (χ4n) is 2.59. The Morgan fingerprint density at radius 3 is 2.55 bits per heavy atom. The van der Waals surface area contributed by atoms with Crippen molar-refractivity contribution < 1.29 is 14.5 Å². The van der Waals surface area contributed by atoms with Crippen LogP contribution in [0.5, 0.6) is 0 Å². The zero-order valence-electron chi connectivity index (χ0n) is 15.5. The number of nitrogens with one attached hydrogen (secondary N) is 1. The van der Waals surface area contributed by atoms with E-state index < -0.39 is 4.92 Å². The third kappa shape index (κ3) is 4.87. The Labute approximate surface area is 178 Å². The van der Waals surface area contributed by atoms with Gasteiger partial charge in [-0.05, 0) is 47.1 Å². The average molecular weight is 478 g/mol. The molecule has 3 aromatic rings. The van der Waals surface area contributed by atoms with Crippen molar-refractivity contribution in [3.8, 4) is 5.69 Å². The lowest BCUT2D eigenvalue weighted by Crippen LogP contribution is -2.34. The largest absolute Gasteiger partial charge is 0.332 e. The highest BCUT2D eigenvalue weighted by molar-refractivity contribution is 9.11. The number of hydrogen-bond donors (Lipinski definition) is 1. The van der Waals surface area contributed by atoms with Gasteiger partial charge in [-0.3, -0.25) is 19.7 Å². The number of nitro groups is 1. The van der Waals surface area contributed by atoms with Crippen LogP contribution in [0.3, 0.4) is 0 Å². The number of likely N-dealkylation sites (N-methyl/N-ethyl adjacent to an activating group) is 1. The molecule has 1 N–H and O–H groups in total. The Morgan fingerprint density at radius 2 is 1.97 bits per heavy atom. The van der Waals surface area contributed by atoms with E-state index in [1.165, 1.54) is 33.1 Å². The van der Waals surface area contributed by atoms with Crippen molar-refractivity contribution >= 4 is 50.6 Å². The molecule has 0 aliphatic rings. The van der Waals surface area contributed by atoms with Crippen LogP contribution in [0.15, 0.2) is 46.3 Å². The van der Waals surface area contributed by atoms with Crippen molar-refractivity contribution in [2.24, 2.45) is 0 Å². The minimum absolute atomic E-state index is 0.0384. The minimum Gasteiger partial charge on any atom is -0.332 e. The number of aromatic nitrogens is 2. The molecular formula is C18H16BrN5O4S. The predicted molar refractivity (Wildman–Crippen MR) is 113 cm³/mol. The molecule has 11 heteroatoms. The lowest BCUT2D eigenvalue weighted by Gasteiger charge is -2.16. The number of anilines is 1. The van der Waals surface area contributed by atoms with Gasteiger partial charge in [-0.25, -0.2) is 4.68 Å². The van der Waals surface area contributed by atoms with Crippen LogP contribution in [0.2, 0.25) is 0 Å². The number of halogens is 1. The van der Waals surface area contributed by atoms with Crippen LogP contribution in [-0.4, -0.2) is 45.0 Å². The van der Waals surface area contributed by atoms with Gasteiger partial charge in [0.1, 0.15) is 5.82 Å². The van der Waals surface area contributed by atoms with Crippen LogP contribution in [0.4, 0.5) is 11.5 Å². The Kier molecular flexibility index (Phi) is 6.09. The molecule has 0 saturated heterocycles. The number of non-ortho nitro benzene ring substituents is 1. The number of nitrogens with zero attached hydrogens (tertiary/aromatic N) is 4. The Balaban J connectivity index is 1.72. The molecule has 3 rings (SSSR count). The van der Waals surface area contributed by atoms with Gasteiger partial charge in [0.05, 0.1) is 31.5 Å². The normalized spacial score (nSPS) is 10.6. The molecule has 0 spiro atoms. The number of hydrogen-bond acceptors (Lipinski definition) is 6. The molecule has 0 aliphatic heterocycles. The van der Waals surface area contributed by atoms with Gasteiger partial charge in [-0.1, -0.05) is 0 Å². The second-order valence-corrected chi connectivity index (χ2v) is 8.63. The van der Waals surface area contributed by atoms with Gasteiger partial charge in [0.25, 0.3) is 11.6 Å². The highest BCUT2D eigenvalue weighted by Gasteiger charge is 2.18. The van der Waals surface area contributed by atoms with Gasteiger partial charge < -0.3 is 10.2 Å². The number of aryl methyl sites for hydroxylation is 1. The Hall–Kier alpha value is -3.05. The molecule has 2 heterocycles. The zero-order valence-corrected chi connectivity index (χ0v) is 17.9. The maximum atomic E-state index is 12.5. The first-order chi connectivity index (χ1) is 13.7.